The minimum absolute atomic E-state index is 0.165. The van der Waals surface area contributed by atoms with Crippen LogP contribution >= 0.6 is 15.9 Å². The second-order valence-electron chi connectivity index (χ2n) is 5.62. The Morgan fingerprint density at radius 3 is 2.73 bits per heavy atom. The molecule has 6 nitrogen and oxygen atoms in total. The molecule has 1 amide bonds. The lowest BCUT2D eigenvalue weighted by Crippen LogP contribution is -2.19. The van der Waals surface area contributed by atoms with Crippen molar-refractivity contribution in [2.75, 3.05) is 5.32 Å². The van der Waals surface area contributed by atoms with E-state index in [9.17, 15) is 9.59 Å². The molecule has 4 aromatic rings. The van der Waals surface area contributed by atoms with E-state index in [4.69, 9.17) is 4.52 Å². The summed E-state index contributed by atoms with van der Waals surface area (Å²) < 4.78 is 6.11. The number of pyridine rings is 1. The maximum atomic E-state index is 12.6. The van der Waals surface area contributed by atoms with Gasteiger partial charge in [-0.05, 0) is 40.2 Å². The van der Waals surface area contributed by atoms with E-state index in [1.54, 1.807) is 24.3 Å². The van der Waals surface area contributed by atoms with E-state index < -0.39 is 5.91 Å². The smallest absolute Gasteiger partial charge is 0.271 e. The maximum Gasteiger partial charge on any atom is 0.271 e. The zero-order valence-electron chi connectivity index (χ0n) is 13.3. The second kappa shape index (κ2) is 6.61. The van der Waals surface area contributed by atoms with Gasteiger partial charge in [-0.3, -0.25) is 9.59 Å². The molecule has 0 spiro atoms. The molecule has 0 saturated heterocycles. The summed E-state index contributed by atoms with van der Waals surface area (Å²) in [6.07, 6.45) is 1.51. The van der Waals surface area contributed by atoms with Crippen LogP contribution < -0.4 is 10.9 Å². The van der Waals surface area contributed by atoms with Crippen molar-refractivity contribution in [3.05, 3.63) is 81.2 Å². The first kappa shape index (κ1) is 16.3. The standard InChI is InChI=1S/C19H12BrN3O3/c20-13-9-16(19(25)21-10-13)22-18(24)12-6-7-15-14(8-12)17(26-23-15)11-4-2-1-3-5-11/h1-10H,(H,21,25)(H,22,24). The van der Waals surface area contributed by atoms with Crippen molar-refractivity contribution in [2.45, 2.75) is 0 Å². The number of amides is 1. The summed E-state index contributed by atoms with van der Waals surface area (Å²) in [4.78, 5) is 26.9. The number of fused-ring (bicyclic) bond motifs is 1. The molecule has 0 bridgehead atoms. The summed E-state index contributed by atoms with van der Waals surface area (Å²) in [6.45, 7) is 0. The van der Waals surface area contributed by atoms with Crippen molar-refractivity contribution in [2.24, 2.45) is 0 Å². The van der Waals surface area contributed by atoms with Gasteiger partial charge >= 0.3 is 0 Å². The van der Waals surface area contributed by atoms with Gasteiger partial charge in [-0.1, -0.05) is 35.5 Å². The van der Waals surface area contributed by atoms with Crippen LogP contribution in [0.1, 0.15) is 10.4 Å². The Morgan fingerprint density at radius 1 is 1.12 bits per heavy atom. The topological polar surface area (TPSA) is 88.0 Å². The van der Waals surface area contributed by atoms with E-state index in [0.717, 1.165) is 10.9 Å². The minimum Gasteiger partial charge on any atom is -0.355 e. The van der Waals surface area contributed by atoms with Crippen molar-refractivity contribution < 1.29 is 9.32 Å². The van der Waals surface area contributed by atoms with Gasteiger partial charge in [0, 0.05) is 21.8 Å². The molecule has 0 aliphatic rings. The zero-order valence-corrected chi connectivity index (χ0v) is 14.9. The number of carbonyl (C=O) groups is 1. The lowest BCUT2D eigenvalue weighted by molar-refractivity contribution is 0.102. The van der Waals surface area contributed by atoms with Gasteiger partial charge in [0.1, 0.15) is 11.2 Å². The number of carbonyl (C=O) groups excluding carboxylic acids is 1. The summed E-state index contributed by atoms with van der Waals surface area (Å²) in [7, 11) is 0. The van der Waals surface area contributed by atoms with E-state index in [-0.39, 0.29) is 11.2 Å². The highest BCUT2D eigenvalue weighted by Crippen LogP contribution is 2.29. The summed E-state index contributed by atoms with van der Waals surface area (Å²) in [5.41, 5.74) is 1.71. The average Bonchev–Trinajstić information content (AvgIpc) is 3.08. The van der Waals surface area contributed by atoms with Gasteiger partial charge in [0.2, 0.25) is 0 Å². The number of hydrogen-bond acceptors (Lipinski definition) is 4. The van der Waals surface area contributed by atoms with Crippen LogP contribution in [0, 0.1) is 0 Å². The lowest BCUT2D eigenvalue weighted by Gasteiger charge is -2.05. The molecule has 2 N–H and O–H groups in total. The quantitative estimate of drug-likeness (QED) is 0.530. The first-order valence-electron chi connectivity index (χ1n) is 7.76. The fraction of sp³-hybridized carbons (Fsp3) is 0. The van der Waals surface area contributed by atoms with Gasteiger partial charge in [0.25, 0.3) is 11.5 Å². The Bertz CT molecular complexity index is 1170. The second-order valence-corrected chi connectivity index (χ2v) is 6.54. The Balaban J connectivity index is 1.72. The van der Waals surface area contributed by atoms with Crippen LogP contribution in [-0.4, -0.2) is 16.0 Å². The molecule has 0 aliphatic heterocycles. The molecule has 26 heavy (non-hydrogen) atoms. The van der Waals surface area contributed by atoms with E-state index >= 15 is 0 Å². The summed E-state index contributed by atoms with van der Waals surface area (Å²) in [5.74, 6) is 0.200. The van der Waals surface area contributed by atoms with E-state index in [1.807, 2.05) is 30.3 Å². The average molecular weight is 410 g/mol. The van der Waals surface area contributed by atoms with E-state index in [0.29, 0.717) is 21.3 Å². The number of halogens is 1. The number of nitrogens with one attached hydrogen (secondary N) is 2. The summed E-state index contributed by atoms with van der Waals surface area (Å²) in [5, 5.41) is 7.39. The number of rotatable bonds is 3. The summed E-state index contributed by atoms with van der Waals surface area (Å²) in [6, 6.07) is 16.1. The number of hydrogen-bond donors (Lipinski definition) is 2. The third-order valence-electron chi connectivity index (χ3n) is 3.89. The van der Waals surface area contributed by atoms with Gasteiger partial charge in [0.15, 0.2) is 5.76 Å². The minimum atomic E-state index is -0.393. The normalized spacial score (nSPS) is 10.8. The van der Waals surface area contributed by atoms with Crippen molar-refractivity contribution in [3.63, 3.8) is 0 Å². The molecule has 128 valence electrons. The number of aromatic nitrogens is 2. The largest absolute Gasteiger partial charge is 0.355 e. The van der Waals surface area contributed by atoms with Gasteiger partial charge in [-0.2, -0.15) is 0 Å². The van der Waals surface area contributed by atoms with Crippen LogP contribution in [0.25, 0.3) is 22.2 Å². The Labute approximate surface area is 156 Å². The van der Waals surface area contributed by atoms with Crippen LogP contribution in [0.3, 0.4) is 0 Å². The first-order chi connectivity index (χ1) is 12.6. The van der Waals surface area contributed by atoms with Gasteiger partial charge in [-0.15, -0.1) is 0 Å². The molecule has 0 aliphatic carbocycles. The van der Waals surface area contributed by atoms with Crippen molar-refractivity contribution in [1.29, 1.82) is 0 Å². The third-order valence-corrected chi connectivity index (χ3v) is 4.35. The first-order valence-corrected chi connectivity index (χ1v) is 8.55. The molecule has 0 atom stereocenters. The molecule has 2 heterocycles. The van der Waals surface area contributed by atoms with Gasteiger partial charge < -0.3 is 14.8 Å². The van der Waals surface area contributed by atoms with Crippen LogP contribution in [0.15, 0.2) is 74.6 Å². The maximum absolute atomic E-state index is 12.6. The van der Waals surface area contributed by atoms with E-state index in [2.05, 4.69) is 31.4 Å². The number of nitrogens with zero attached hydrogens (tertiary/aromatic N) is 1. The molecule has 2 aromatic heterocycles. The molecule has 0 fully saturated rings. The zero-order chi connectivity index (χ0) is 18.1. The predicted octanol–water partition coefficient (Wildman–Crippen LogP) is 4.20. The molecule has 4 rings (SSSR count). The molecule has 0 radical (unpaired) electrons. The number of aromatic amines is 1. The van der Waals surface area contributed by atoms with Gasteiger partial charge in [0.05, 0.1) is 5.39 Å². The molecule has 0 unspecified atom stereocenters. The van der Waals surface area contributed by atoms with Crippen LogP contribution in [-0.2, 0) is 0 Å². The highest BCUT2D eigenvalue weighted by molar-refractivity contribution is 9.10. The molecule has 7 heteroatoms. The number of anilines is 1. The van der Waals surface area contributed by atoms with Crippen molar-refractivity contribution in [3.8, 4) is 11.3 Å². The molecular formula is C19H12BrN3O3. The fourth-order valence-electron chi connectivity index (χ4n) is 2.63. The molecule has 2 aromatic carbocycles. The fourth-order valence-corrected chi connectivity index (χ4v) is 2.97. The Kier molecular flexibility index (Phi) is 4.14. The highest BCUT2D eigenvalue weighted by Gasteiger charge is 2.15. The molecule has 0 saturated carbocycles. The van der Waals surface area contributed by atoms with Crippen molar-refractivity contribution in [1.82, 2.24) is 10.1 Å². The molecular weight excluding hydrogens is 398 g/mol. The summed E-state index contributed by atoms with van der Waals surface area (Å²) >= 11 is 3.26. The number of H-pyrrole nitrogens is 1. The Hall–Kier alpha value is -3.19. The van der Waals surface area contributed by atoms with Gasteiger partial charge in [-0.25, -0.2) is 0 Å². The highest BCUT2D eigenvalue weighted by atomic mass is 79.9. The van der Waals surface area contributed by atoms with Crippen LogP contribution in [0.4, 0.5) is 5.69 Å². The lowest BCUT2D eigenvalue weighted by atomic mass is 10.1. The Morgan fingerprint density at radius 2 is 1.92 bits per heavy atom. The van der Waals surface area contributed by atoms with E-state index in [1.165, 1.54) is 6.20 Å². The van der Waals surface area contributed by atoms with Crippen molar-refractivity contribution >= 4 is 38.4 Å². The predicted molar refractivity (Wildman–Crippen MR) is 102 cm³/mol. The van der Waals surface area contributed by atoms with Crippen LogP contribution in [0.5, 0.6) is 0 Å². The monoisotopic (exact) mass is 409 g/mol. The number of benzene rings is 2. The third kappa shape index (κ3) is 3.04. The SMILES string of the molecule is O=C(Nc1cc(Br)c[nH]c1=O)c1ccc2noc(-c3ccccc3)c2c1. The van der Waals surface area contributed by atoms with Crippen LogP contribution in [0.2, 0.25) is 0 Å².